The summed E-state index contributed by atoms with van der Waals surface area (Å²) in [4.78, 5) is 10.3. The first kappa shape index (κ1) is 18.2. The van der Waals surface area contributed by atoms with Crippen molar-refractivity contribution in [2.75, 3.05) is 0 Å². The van der Waals surface area contributed by atoms with E-state index in [-0.39, 0.29) is 0 Å². The molecule has 2 heteroatoms. The molecule has 0 aliphatic rings. The van der Waals surface area contributed by atoms with Crippen LogP contribution in [-0.2, 0) is 4.79 Å². The average molecular weight is 268 g/mol. The molecular weight excluding hydrogens is 236 g/mol. The Kier molecular flexibility index (Phi) is 13.1. The van der Waals surface area contributed by atoms with Gasteiger partial charge in [0, 0.05) is 6.42 Å². The lowest BCUT2D eigenvalue weighted by atomic mass is 10.00. The van der Waals surface area contributed by atoms with Gasteiger partial charge in [0.2, 0.25) is 0 Å². The lowest BCUT2D eigenvalue weighted by Gasteiger charge is -2.06. The predicted octanol–water partition coefficient (Wildman–Crippen LogP) is 5.57. The molecular formula is C17H32O2. The van der Waals surface area contributed by atoms with Crippen molar-refractivity contribution in [2.24, 2.45) is 5.92 Å². The van der Waals surface area contributed by atoms with Gasteiger partial charge in [-0.05, 0) is 38.0 Å². The summed E-state index contributed by atoms with van der Waals surface area (Å²) in [5, 5.41) is 8.49. The molecule has 0 amide bonds. The van der Waals surface area contributed by atoms with Gasteiger partial charge in [0.05, 0.1) is 0 Å². The highest BCUT2D eigenvalue weighted by Gasteiger charge is 1.97. The third-order valence-corrected chi connectivity index (χ3v) is 3.69. The average Bonchev–Trinajstić information content (AvgIpc) is 2.39. The summed E-state index contributed by atoms with van der Waals surface area (Å²) >= 11 is 0. The van der Waals surface area contributed by atoms with E-state index in [0.717, 1.165) is 25.2 Å². The number of carboxylic acids is 1. The first-order valence-corrected chi connectivity index (χ1v) is 8.03. The number of aliphatic carboxylic acids is 1. The molecule has 0 fully saturated rings. The molecule has 1 N–H and O–H groups in total. The number of carbonyl (C=O) groups is 1. The molecule has 0 rings (SSSR count). The molecule has 0 bridgehead atoms. The molecule has 112 valence electrons. The summed E-state index contributed by atoms with van der Waals surface area (Å²) in [6, 6.07) is 0. The molecule has 0 aromatic rings. The van der Waals surface area contributed by atoms with Crippen molar-refractivity contribution >= 4 is 5.97 Å². The lowest BCUT2D eigenvalue weighted by molar-refractivity contribution is -0.137. The van der Waals surface area contributed by atoms with Crippen molar-refractivity contribution in [3.8, 4) is 0 Å². The van der Waals surface area contributed by atoms with E-state index in [2.05, 4.69) is 26.0 Å². The molecule has 2 nitrogen and oxygen atoms in total. The van der Waals surface area contributed by atoms with Crippen molar-refractivity contribution in [1.29, 1.82) is 0 Å². The minimum Gasteiger partial charge on any atom is -0.481 e. The Hall–Kier alpha value is -0.790. The van der Waals surface area contributed by atoms with Gasteiger partial charge in [0.1, 0.15) is 0 Å². The Labute approximate surface area is 119 Å². The van der Waals surface area contributed by atoms with Crippen molar-refractivity contribution < 1.29 is 9.90 Å². The van der Waals surface area contributed by atoms with Gasteiger partial charge in [-0.2, -0.15) is 0 Å². The molecule has 0 aliphatic heterocycles. The molecule has 0 aliphatic carbocycles. The number of hydrogen-bond donors (Lipinski definition) is 1. The van der Waals surface area contributed by atoms with Crippen LogP contribution < -0.4 is 0 Å². The van der Waals surface area contributed by atoms with E-state index in [1.165, 1.54) is 44.9 Å². The number of rotatable bonds is 13. The van der Waals surface area contributed by atoms with Crippen molar-refractivity contribution in [2.45, 2.75) is 84.5 Å². The predicted molar refractivity (Wildman–Crippen MR) is 82.4 cm³/mol. The van der Waals surface area contributed by atoms with Crippen LogP contribution in [0.2, 0.25) is 0 Å². The van der Waals surface area contributed by atoms with Crippen LogP contribution in [0, 0.1) is 5.92 Å². The van der Waals surface area contributed by atoms with Crippen molar-refractivity contribution in [3.63, 3.8) is 0 Å². The van der Waals surface area contributed by atoms with Gasteiger partial charge < -0.3 is 5.11 Å². The second kappa shape index (κ2) is 13.6. The van der Waals surface area contributed by atoms with E-state index in [0.29, 0.717) is 6.42 Å². The summed E-state index contributed by atoms with van der Waals surface area (Å²) in [6.07, 6.45) is 16.9. The van der Waals surface area contributed by atoms with Crippen LogP contribution in [0.1, 0.15) is 84.5 Å². The van der Waals surface area contributed by atoms with Crippen LogP contribution in [0.25, 0.3) is 0 Å². The smallest absolute Gasteiger partial charge is 0.303 e. The van der Waals surface area contributed by atoms with Gasteiger partial charge in [0.15, 0.2) is 0 Å². The molecule has 0 aromatic carbocycles. The topological polar surface area (TPSA) is 37.3 Å². The minimum atomic E-state index is -0.679. The molecule has 1 atom stereocenters. The Bertz CT molecular complexity index is 233. The van der Waals surface area contributed by atoms with E-state index >= 15 is 0 Å². The zero-order valence-corrected chi connectivity index (χ0v) is 12.9. The van der Waals surface area contributed by atoms with E-state index in [1.807, 2.05) is 0 Å². The zero-order valence-electron chi connectivity index (χ0n) is 12.9. The first-order valence-electron chi connectivity index (χ1n) is 8.03. The van der Waals surface area contributed by atoms with Gasteiger partial charge in [-0.3, -0.25) is 4.79 Å². The van der Waals surface area contributed by atoms with E-state index in [4.69, 9.17) is 5.11 Å². The highest BCUT2D eigenvalue weighted by molar-refractivity contribution is 5.66. The maximum absolute atomic E-state index is 10.3. The molecule has 0 saturated heterocycles. The highest BCUT2D eigenvalue weighted by atomic mass is 16.4. The number of unbranched alkanes of at least 4 members (excludes halogenated alkanes) is 6. The van der Waals surface area contributed by atoms with Crippen LogP contribution in [0.15, 0.2) is 12.2 Å². The summed E-state index contributed by atoms with van der Waals surface area (Å²) in [7, 11) is 0. The summed E-state index contributed by atoms with van der Waals surface area (Å²) in [5.74, 6) is 0.215. The van der Waals surface area contributed by atoms with Crippen LogP contribution in [0.3, 0.4) is 0 Å². The van der Waals surface area contributed by atoms with Crippen molar-refractivity contribution in [1.82, 2.24) is 0 Å². The van der Waals surface area contributed by atoms with Crippen LogP contribution in [0.4, 0.5) is 0 Å². The van der Waals surface area contributed by atoms with Crippen molar-refractivity contribution in [3.05, 3.63) is 12.2 Å². The molecule has 0 saturated carbocycles. The first-order chi connectivity index (χ1) is 9.16. The van der Waals surface area contributed by atoms with Gasteiger partial charge in [-0.15, -0.1) is 0 Å². The summed E-state index contributed by atoms with van der Waals surface area (Å²) in [5.41, 5.74) is 0. The zero-order chi connectivity index (χ0) is 14.3. The number of carboxylic acid groups (broad SMARTS) is 1. The Morgan fingerprint density at radius 3 is 2.16 bits per heavy atom. The third kappa shape index (κ3) is 15.2. The largest absolute Gasteiger partial charge is 0.481 e. The molecule has 0 spiro atoms. The quantitative estimate of drug-likeness (QED) is 0.350. The van der Waals surface area contributed by atoms with Gasteiger partial charge in [-0.1, -0.05) is 58.1 Å². The van der Waals surface area contributed by atoms with Gasteiger partial charge in [-0.25, -0.2) is 0 Å². The van der Waals surface area contributed by atoms with Gasteiger partial charge in [0.25, 0.3) is 0 Å². The molecule has 0 aromatic heterocycles. The molecule has 0 radical (unpaired) electrons. The molecule has 1 unspecified atom stereocenters. The second-order valence-corrected chi connectivity index (χ2v) is 5.62. The van der Waals surface area contributed by atoms with E-state index in [9.17, 15) is 4.79 Å². The van der Waals surface area contributed by atoms with E-state index in [1.54, 1.807) is 0 Å². The SMILES string of the molecule is CCC(C)CCCCCC/C=C/CCCCC(=O)O. The van der Waals surface area contributed by atoms with Gasteiger partial charge >= 0.3 is 5.97 Å². The summed E-state index contributed by atoms with van der Waals surface area (Å²) in [6.45, 7) is 4.61. The lowest BCUT2D eigenvalue weighted by Crippen LogP contribution is -1.92. The Balaban J connectivity index is 3.15. The normalized spacial score (nSPS) is 12.9. The van der Waals surface area contributed by atoms with Crippen LogP contribution >= 0.6 is 0 Å². The number of allylic oxidation sites excluding steroid dienone is 2. The maximum Gasteiger partial charge on any atom is 0.303 e. The Morgan fingerprint density at radius 1 is 1.00 bits per heavy atom. The fourth-order valence-electron chi connectivity index (χ4n) is 2.09. The Morgan fingerprint density at radius 2 is 1.58 bits per heavy atom. The van der Waals surface area contributed by atoms with Crippen LogP contribution in [-0.4, -0.2) is 11.1 Å². The fraction of sp³-hybridized carbons (Fsp3) is 0.824. The maximum atomic E-state index is 10.3. The highest BCUT2D eigenvalue weighted by Crippen LogP contribution is 2.13. The minimum absolute atomic E-state index is 0.310. The fourth-order valence-corrected chi connectivity index (χ4v) is 2.09. The number of hydrogen-bond acceptors (Lipinski definition) is 1. The monoisotopic (exact) mass is 268 g/mol. The molecule has 0 heterocycles. The summed E-state index contributed by atoms with van der Waals surface area (Å²) < 4.78 is 0. The van der Waals surface area contributed by atoms with Crippen LogP contribution in [0.5, 0.6) is 0 Å². The third-order valence-electron chi connectivity index (χ3n) is 3.69. The van der Waals surface area contributed by atoms with E-state index < -0.39 is 5.97 Å². The second-order valence-electron chi connectivity index (χ2n) is 5.62. The molecule has 19 heavy (non-hydrogen) atoms. The standard InChI is InChI=1S/C17H32O2/c1-3-16(2)14-12-10-8-6-4-5-7-9-11-13-15-17(18)19/h5,7,16H,3-4,6,8-15H2,1-2H3,(H,18,19)/b7-5+.